The minimum atomic E-state index is -3.59. The second-order valence-electron chi connectivity index (χ2n) is 5.34. The Morgan fingerprint density at radius 1 is 1.00 bits per heavy atom. The Hall–Kier alpha value is -1.09. The van der Waals surface area contributed by atoms with Gasteiger partial charge < -0.3 is 9.47 Å². The zero-order valence-electron chi connectivity index (χ0n) is 14.1. The van der Waals surface area contributed by atoms with Crippen LogP contribution in [0.1, 0.15) is 5.56 Å². The van der Waals surface area contributed by atoms with E-state index in [1.807, 2.05) is 18.2 Å². The van der Waals surface area contributed by atoms with Crippen LogP contribution in [0.5, 0.6) is 11.5 Å². The van der Waals surface area contributed by atoms with E-state index in [9.17, 15) is 8.42 Å². The van der Waals surface area contributed by atoms with Crippen molar-refractivity contribution in [2.24, 2.45) is 0 Å². The molecule has 0 unspecified atom stereocenters. The van der Waals surface area contributed by atoms with Crippen molar-refractivity contribution in [1.82, 2.24) is 4.31 Å². The molecule has 0 radical (unpaired) electrons. The number of sulfonamides is 1. The maximum atomic E-state index is 12.8. The van der Waals surface area contributed by atoms with Crippen molar-refractivity contribution in [3.63, 3.8) is 0 Å². The molecule has 0 aromatic heterocycles. The van der Waals surface area contributed by atoms with E-state index in [2.05, 4.69) is 31.9 Å². The summed E-state index contributed by atoms with van der Waals surface area (Å²) in [6.07, 6.45) is 0.557. The minimum absolute atomic E-state index is 0.233. The Kier molecular flexibility index (Phi) is 6.90. The van der Waals surface area contributed by atoms with E-state index < -0.39 is 10.0 Å². The van der Waals surface area contributed by atoms with Crippen LogP contribution in [0.2, 0.25) is 0 Å². The van der Waals surface area contributed by atoms with Crippen LogP contribution in [0.25, 0.3) is 0 Å². The van der Waals surface area contributed by atoms with Gasteiger partial charge in [-0.2, -0.15) is 0 Å². The molecule has 2 aromatic rings. The summed E-state index contributed by atoms with van der Waals surface area (Å²) in [7, 11) is 1.13. The van der Waals surface area contributed by atoms with Crippen molar-refractivity contribution in [2.75, 3.05) is 27.8 Å². The van der Waals surface area contributed by atoms with E-state index >= 15 is 0 Å². The van der Waals surface area contributed by atoms with Gasteiger partial charge in [0.15, 0.2) is 11.5 Å². The van der Waals surface area contributed by atoms with Crippen molar-refractivity contribution >= 4 is 41.9 Å². The smallest absolute Gasteiger partial charge is 0.243 e. The van der Waals surface area contributed by atoms with Gasteiger partial charge in [0.25, 0.3) is 0 Å². The number of likely N-dealkylation sites (N-methyl/N-ethyl adjacent to an activating group) is 1. The van der Waals surface area contributed by atoms with Gasteiger partial charge in [0.05, 0.1) is 19.1 Å². The summed E-state index contributed by atoms with van der Waals surface area (Å²) in [5, 5.41) is 0. The Morgan fingerprint density at radius 3 is 2.32 bits per heavy atom. The molecule has 0 saturated heterocycles. The average molecular weight is 493 g/mol. The summed E-state index contributed by atoms with van der Waals surface area (Å²) < 4.78 is 38.6. The molecule has 136 valence electrons. The average Bonchev–Trinajstić information content (AvgIpc) is 2.61. The third-order valence-electron chi connectivity index (χ3n) is 3.74. The van der Waals surface area contributed by atoms with Gasteiger partial charge in [-0.1, -0.05) is 22.0 Å². The number of halogens is 2. The quantitative estimate of drug-likeness (QED) is 0.584. The van der Waals surface area contributed by atoms with Gasteiger partial charge in [-0.25, -0.2) is 12.7 Å². The zero-order valence-corrected chi connectivity index (χ0v) is 18.1. The third-order valence-corrected chi connectivity index (χ3v) is 7.09. The van der Waals surface area contributed by atoms with Crippen LogP contribution >= 0.6 is 31.9 Å². The van der Waals surface area contributed by atoms with Crippen LogP contribution in [0.15, 0.2) is 50.2 Å². The van der Waals surface area contributed by atoms with Crippen LogP contribution < -0.4 is 9.47 Å². The Balaban J connectivity index is 2.16. The summed E-state index contributed by atoms with van der Waals surface area (Å²) >= 11 is 6.62. The molecule has 25 heavy (non-hydrogen) atoms. The maximum Gasteiger partial charge on any atom is 0.243 e. The first kappa shape index (κ1) is 20.2. The summed E-state index contributed by atoms with van der Waals surface area (Å²) in [6.45, 7) is 0.344. The third kappa shape index (κ3) is 4.75. The second-order valence-corrected chi connectivity index (χ2v) is 9.12. The lowest BCUT2D eigenvalue weighted by Gasteiger charge is -2.18. The number of benzene rings is 2. The number of methoxy groups -OCH3 is 2. The molecular weight excluding hydrogens is 474 g/mol. The molecule has 0 spiro atoms. The lowest BCUT2D eigenvalue weighted by atomic mass is 10.1. The molecule has 0 aliphatic carbocycles. The molecule has 0 heterocycles. The largest absolute Gasteiger partial charge is 0.493 e. The van der Waals surface area contributed by atoms with E-state index in [4.69, 9.17) is 9.47 Å². The second kappa shape index (κ2) is 8.53. The molecule has 0 fully saturated rings. The first-order valence-electron chi connectivity index (χ1n) is 7.42. The standard InChI is InChI=1S/C17H19Br2NO4S/c1-20(25(21,22)17-11-13(18)5-6-14(17)19)9-8-12-4-7-15(23-2)16(10-12)24-3/h4-7,10-11H,8-9H2,1-3H3. The molecule has 2 rings (SSSR count). The normalized spacial score (nSPS) is 11.6. The Morgan fingerprint density at radius 2 is 1.68 bits per heavy atom. The van der Waals surface area contributed by atoms with Gasteiger partial charge in [0, 0.05) is 22.5 Å². The fraction of sp³-hybridized carbons (Fsp3) is 0.294. The van der Waals surface area contributed by atoms with Crippen LogP contribution in [0.3, 0.4) is 0 Å². The van der Waals surface area contributed by atoms with Crippen molar-refractivity contribution in [3.05, 3.63) is 50.9 Å². The number of rotatable bonds is 7. The zero-order chi connectivity index (χ0) is 18.6. The summed E-state index contributed by atoms with van der Waals surface area (Å²) in [5.74, 6) is 1.27. The van der Waals surface area contributed by atoms with Crippen LogP contribution in [-0.4, -0.2) is 40.5 Å². The molecule has 0 aliphatic heterocycles. The number of nitrogens with zero attached hydrogens (tertiary/aromatic N) is 1. The first-order valence-corrected chi connectivity index (χ1v) is 10.4. The van der Waals surface area contributed by atoms with Gasteiger partial charge in [-0.3, -0.25) is 0 Å². The molecule has 2 aromatic carbocycles. The van der Waals surface area contributed by atoms with Gasteiger partial charge in [-0.15, -0.1) is 0 Å². The highest BCUT2D eigenvalue weighted by Gasteiger charge is 2.23. The Bertz CT molecular complexity index is 856. The minimum Gasteiger partial charge on any atom is -0.493 e. The molecule has 0 N–H and O–H groups in total. The van der Waals surface area contributed by atoms with Crippen LogP contribution in [-0.2, 0) is 16.4 Å². The summed E-state index contributed by atoms with van der Waals surface area (Å²) in [6, 6.07) is 10.6. The van der Waals surface area contributed by atoms with Crippen LogP contribution in [0, 0.1) is 0 Å². The van der Waals surface area contributed by atoms with Crippen molar-refractivity contribution in [3.8, 4) is 11.5 Å². The first-order chi connectivity index (χ1) is 11.8. The van der Waals surface area contributed by atoms with E-state index in [-0.39, 0.29) is 4.90 Å². The number of hydrogen-bond donors (Lipinski definition) is 0. The van der Waals surface area contributed by atoms with Crippen LogP contribution in [0.4, 0.5) is 0 Å². The van der Waals surface area contributed by atoms with E-state index in [1.54, 1.807) is 39.5 Å². The van der Waals surface area contributed by atoms with E-state index in [1.165, 1.54) is 4.31 Å². The molecule has 0 aliphatic rings. The topological polar surface area (TPSA) is 55.8 Å². The van der Waals surface area contributed by atoms with Crippen molar-refractivity contribution in [2.45, 2.75) is 11.3 Å². The van der Waals surface area contributed by atoms with Gasteiger partial charge in [0.2, 0.25) is 10.0 Å². The number of ether oxygens (including phenoxy) is 2. The lowest BCUT2D eigenvalue weighted by Crippen LogP contribution is -2.29. The Labute approximate surface area is 165 Å². The maximum absolute atomic E-state index is 12.8. The highest BCUT2D eigenvalue weighted by atomic mass is 79.9. The SMILES string of the molecule is COc1ccc(CCN(C)S(=O)(=O)c2cc(Br)ccc2Br)cc1OC. The molecule has 0 atom stereocenters. The fourth-order valence-electron chi connectivity index (χ4n) is 2.29. The molecule has 5 nitrogen and oxygen atoms in total. The monoisotopic (exact) mass is 491 g/mol. The number of hydrogen-bond acceptors (Lipinski definition) is 4. The van der Waals surface area contributed by atoms with E-state index in [0.29, 0.717) is 33.4 Å². The van der Waals surface area contributed by atoms with Crippen molar-refractivity contribution in [1.29, 1.82) is 0 Å². The highest BCUT2D eigenvalue weighted by Crippen LogP contribution is 2.29. The molecule has 0 saturated carbocycles. The van der Waals surface area contributed by atoms with Gasteiger partial charge in [-0.05, 0) is 58.2 Å². The summed E-state index contributed by atoms with van der Waals surface area (Å²) in [4.78, 5) is 0.233. The predicted molar refractivity (Wildman–Crippen MR) is 105 cm³/mol. The molecule has 0 bridgehead atoms. The predicted octanol–water partition coefficient (Wildman–Crippen LogP) is 4.09. The fourth-order valence-corrected chi connectivity index (χ4v) is 4.92. The molecular formula is C17H19Br2NO4S. The van der Waals surface area contributed by atoms with Gasteiger partial charge >= 0.3 is 0 Å². The van der Waals surface area contributed by atoms with E-state index in [0.717, 1.165) is 5.56 Å². The van der Waals surface area contributed by atoms with Gasteiger partial charge in [0.1, 0.15) is 0 Å². The summed E-state index contributed by atoms with van der Waals surface area (Å²) in [5.41, 5.74) is 0.966. The highest BCUT2D eigenvalue weighted by molar-refractivity contribution is 9.11. The molecule has 8 heteroatoms. The van der Waals surface area contributed by atoms with Crippen molar-refractivity contribution < 1.29 is 17.9 Å². The molecule has 0 amide bonds. The lowest BCUT2D eigenvalue weighted by molar-refractivity contribution is 0.354.